The molecule has 2 atom stereocenters. The van der Waals surface area contributed by atoms with E-state index in [1.54, 1.807) is 0 Å². The second-order valence-corrected chi connectivity index (χ2v) is 5.66. The minimum Gasteiger partial charge on any atom is -0.355 e. The number of nitrogens with zero attached hydrogens (tertiary/aromatic N) is 1. The maximum atomic E-state index is 11.7. The molecule has 1 aliphatic rings. The number of nitrogens with one attached hydrogen (secondary N) is 1. The number of piperidine rings is 1. The summed E-state index contributed by atoms with van der Waals surface area (Å²) in [7, 11) is 2.15. The van der Waals surface area contributed by atoms with Crippen LogP contribution in [0, 0.1) is 5.92 Å². The third-order valence-electron chi connectivity index (χ3n) is 3.98. The predicted molar refractivity (Wildman–Crippen MR) is 75.3 cm³/mol. The molecule has 0 radical (unpaired) electrons. The average molecular weight is 255 g/mol. The van der Waals surface area contributed by atoms with E-state index in [1.807, 2.05) is 0 Å². The molecule has 0 aromatic heterocycles. The minimum atomic E-state index is 0.192. The molecule has 0 aromatic rings. The van der Waals surface area contributed by atoms with Crippen molar-refractivity contribution in [2.24, 2.45) is 11.7 Å². The van der Waals surface area contributed by atoms with Gasteiger partial charge >= 0.3 is 0 Å². The number of carbonyl (C=O) groups is 1. The molecule has 106 valence electrons. The van der Waals surface area contributed by atoms with E-state index < -0.39 is 0 Å². The van der Waals surface area contributed by atoms with Crippen LogP contribution in [0.15, 0.2) is 0 Å². The van der Waals surface area contributed by atoms with E-state index in [0.717, 1.165) is 32.5 Å². The fourth-order valence-electron chi connectivity index (χ4n) is 2.53. The van der Waals surface area contributed by atoms with Crippen LogP contribution < -0.4 is 11.1 Å². The zero-order valence-corrected chi connectivity index (χ0v) is 12.0. The number of likely N-dealkylation sites (tertiary alicyclic amines) is 1. The molecule has 3 N–H and O–H groups in total. The lowest BCUT2D eigenvalue weighted by atomic mass is 10.0. The summed E-state index contributed by atoms with van der Waals surface area (Å²) in [5.41, 5.74) is 5.50. The van der Waals surface area contributed by atoms with E-state index in [1.165, 1.54) is 19.3 Å². The van der Waals surface area contributed by atoms with Crippen molar-refractivity contribution in [3.05, 3.63) is 0 Å². The summed E-state index contributed by atoms with van der Waals surface area (Å²) in [6, 6.07) is 0.532. The van der Waals surface area contributed by atoms with Crippen LogP contribution in [0.4, 0.5) is 0 Å². The molecule has 18 heavy (non-hydrogen) atoms. The first-order valence-electron chi connectivity index (χ1n) is 7.30. The number of nitrogens with two attached hydrogens (primary N) is 1. The van der Waals surface area contributed by atoms with E-state index in [2.05, 4.69) is 24.2 Å². The van der Waals surface area contributed by atoms with Gasteiger partial charge in [0.05, 0.1) is 0 Å². The molecule has 4 nitrogen and oxygen atoms in total. The first kappa shape index (κ1) is 15.4. The molecule has 1 aliphatic heterocycles. The van der Waals surface area contributed by atoms with Crippen LogP contribution in [0.3, 0.4) is 0 Å². The third kappa shape index (κ3) is 5.83. The van der Waals surface area contributed by atoms with Gasteiger partial charge in [0.1, 0.15) is 0 Å². The second kappa shape index (κ2) is 8.48. The maximum absolute atomic E-state index is 11.7. The Morgan fingerprint density at radius 3 is 2.89 bits per heavy atom. The van der Waals surface area contributed by atoms with Gasteiger partial charge in [-0.2, -0.15) is 0 Å². The van der Waals surface area contributed by atoms with Crippen molar-refractivity contribution in [2.75, 3.05) is 26.7 Å². The summed E-state index contributed by atoms with van der Waals surface area (Å²) in [5, 5.41) is 3.07. The molecular formula is C14H29N3O. The van der Waals surface area contributed by atoms with Gasteiger partial charge in [0.2, 0.25) is 5.91 Å². The summed E-state index contributed by atoms with van der Waals surface area (Å²) in [5.74, 6) is 0.746. The van der Waals surface area contributed by atoms with Gasteiger partial charge < -0.3 is 16.0 Å². The minimum absolute atomic E-state index is 0.192. The van der Waals surface area contributed by atoms with E-state index in [-0.39, 0.29) is 5.91 Å². The van der Waals surface area contributed by atoms with E-state index >= 15 is 0 Å². The van der Waals surface area contributed by atoms with E-state index in [4.69, 9.17) is 5.73 Å². The molecule has 1 fully saturated rings. The highest BCUT2D eigenvalue weighted by atomic mass is 16.1. The first-order chi connectivity index (χ1) is 8.63. The fourth-order valence-corrected chi connectivity index (χ4v) is 2.53. The van der Waals surface area contributed by atoms with Crippen LogP contribution in [0.25, 0.3) is 0 Å². The SMILES string of the molecule is CC(CCN)CCC(=O)NCC1CCCCN1C. The monoisotopic (exact) mass is 255 g/mol. The van der Waals surface area contributed by atoms with Crippen molar-refractivity contribution < 1.29 is 4.79 Å². The zero-order chi connectivity index (χ0) is 13.4. The molecule has 1 heterocycles. The Hall–Kier alpha value is -0.610. The molecule has 0 saturated carbocycles. The predicted octanol–water partition coefficient (Wildman–Crippen LogP) is 1.35. The first-order valence-corrected chi connectivity index (χ1v) is 7.30. The highest BCUT2D eigenvalue weighted by Crippen LogP contribution is 2.14. The number of likely N-dealkylation sites (N-methyl/N-ethyl adjacent to an activating group) is 1. The lowest BCUT2D eigenvalue weighted by Gasteiger charge is -2.32. The molecule has 0 bridgehead atoms. The van der Waals surface area contributed by atoms with E-state index in [9.17, 15) is 4.79 Å². The van der Waals surface area contributed by atoms with Crippen LogP contribution in [-0.4, -0.2) is 43.5 Å². The molecule has 0 aromatic carbocycles. The van der Waals surface area contributed by atoms with Crippen molar-refractivity contribution in [3.8, 4) is 0 Å². The highest BCUT2D eigenvalue weighted by molar-refractivity contribution is 5.75. The number of hydrogen-bond acceptors (Lipinski definition) is 3. The fraction of sp³-hybridized carbons (Fsp3) is 0.929. The average Bonchev–Trinajstić information content (AvgIpc) is 2.36. The van der Waals surface area contributed by atoms with Crippen LogP contribution in [0.1, 0.15) is 45.4 Å². The number of hydrogen-bond donors (Lipinski definition) is 2. The van der Waals surface area contributed by atoms with Crippen molar-refractivity contribution in [3.63, 3.8) is 0 Å². The van der Waals surface area contributed by atoms with Gasteiger partial charge in [-0.1, -0.05) is 13.3 Å². The lowest BCUT2D eigenvalue weighted by Crippen LogP contribution is -2.44. The summed E-state index contributed by atoms with van der Waals surface area (Å²) in [6.07, 6.45) is 6.39. The second-order valence-electron chi connectivity index (χ2n) is 5.66. The van der Waals surface area contributed by atoms with Crippen LogP contribution in [0.2, 0.25) is 0 Å². The summed E-state index contributed by atoms with van der Waals surface area (Å²) in [4.78, 5) is 14.1. The van der Waals surface area contributed by atoms with Gasteiger partial charge in [-0.05, 0) is 51.7 Å². The van der Waals surface area contributed by atoms with Crippen LogP contribution >= 0.6 is 0 Å². The molecule has 1 amide bonds. The van der Waals surface area contributed by atoms with Gasteiger partial charge in [-0.3, -0.25) is 4.79 Å². The Kier molecular flexibility index (Phi) is 7.28. The molecule has 1 rings (SSSR count). The number of amides is 1. The Labute approximate surface area is 111 Å². The molecule has 0 spiro atoms. The van der Waals surface area contributed by atoms with Crippen molar-refractivity contribution >= 4 is 5.91 Å². The summed E-state index contributed by atoms with van der Waals surface area (Å²) >= 11 is 0. The quantitative estimate of drug-likeness (QED) is 0.722. The highest BCUT2D eigenvalue weighted by Gasteiger charge is 2.19. The normalized spacial score (nSPS) is 22.7. The molecule has 2 unspecified atom stereocenters. The van der Waals surface area contributed by atoms with Crippen molar-refractivity contribution in [1.82, 2.24) is 10.2 Å². The topological polar surface area (TPSA) is 58.4 Å². The van der Waals surface area contributed by atoms with Crippen molar-refractivity contribution in [1.29, 1.82) is 0 Å². The maximum Gasteiger partial charge on any atom is 0.220 e. The van der Waals surface area contributed by atoms with Gasteiger partial charge in [0.25, 0.3) is 0 Å². The standard InChI is InChI=1S/C14H29N3O/c1-12(8-9-15)6-7-14(18)16-11-13-5-3-4-10-17(13)2/h12-13H,3-11,15H2,1-2H3,(H,16,18). The Morgan fingerprint density at radius 2 is 2.22 bits per heavy atom. The smallest absolute Gasteiger partial charge is 0.220 e. The summed E-state index contributed by atoms with van der Waals surface area (Å²) in [6.45, 7) is 4.85. The summed E-state index contributed by atoms with van der Waals surface area (Å²) < 4.78 is 0. The van der Waals surface area contributed by atoms with Crippen LogP contribution in [0.5, 0.6) is 0 Å². The molecular weight excluding hydrogens is 226 g/mol. The largest absolute Gasteiger partial charge is 0.355 e. The zero-order valence-electron chi connectivity index (χ0n) is 12.0. The Bertz CT molecular complexity index is 245. The number of carbonyl (C=O) groups excluding carboxylic acids is 1. The molecule has 0 aliphatic carbocycles. The van der Waals surface area contributed by atoms with Gasteiger partial charge in [-0.15, -0.1) is 0 Å². The van der Waals surface area contributed by atoms with Crippen LogP contribution in [-0.2, 0) is 4.79 Å². The number of rotatable bonds is 7. The van der Waals surface area contributed by atoms with Gasteiger partial charge in [-0.25, -0.2) is 0 Å². The molecule has 1 saturated heterocycles. The Balaban J connectivity index is 2.12. The Morgan fingerprint density at radius 1 is 1.44 bits per heavy atom. The van der Waals surface area contributed by atoms with Crippen molar-refractivity contribution in [2.45, 2.75) is 51.5 Å². The van der Waals surface area contributed by atoms with E-state index in [0.29, 0.717) is 18.4 Å². The molecule has 4 heteroatoms. The third-order valence-corrected chi connectivity index (χ3v) is 3.98. The van der Waals surface area contributed by atoms with Gasteiger partial charge in [0, 0.05) is 19.0 Å². The van der Waals surface area contributed by atoms with Gasteiger partial charge in [0.15, 0.2) is 0 Å². The lowest BCUT2D eigenvalue weighted by molar-refractivity contribution is -0.121.